The van der Waals surface area contributed by atoms with Crippen LogP contribution in [0.4, 0.5) is 0 Å². The Bertz CT molecular complexity index is 1360. The van der Waals surface area contributed by atoms with Crippen molar-refractivity contribution in [3.8, 4) is 33.9 Å². The van der Waals surface area contributed by atoms with Crippen molar-refractivity contribution in [1.29, 1.82) is 0 Å². The minimum absolute atomic E-state index is 0.886. The van der Waals surface area contributed by atoms with Gasteiger partial charge in [0.15, 0.2) is 0 Å². The minimum atomic E-state index is 0.886. The predicted octanol–water partition coefficient (Wildman–Crippen LogP) is 6.55. The molecule has 4 heteroatoms. The molecule has 0 atom stereocenters. The summed E-state index contributed by atoms with van der Waals surface area (Å²) in [7, 11) is 0. The van der Waals surface area contributed by atoms with Gasteiger partial charge in [0, 0.05) is 47.3 Å². The number of para-hydroxylation sites is 2. The van der Waals surface area contributed by atoms with E-state index < -0.39 is 0 Å². The smallest absolute Gasteiger partial charge is 0.0973 e. The van der Waals surface area contributed by atoms with E-state index in [9.17, 15) is 0 Å². The second-order valence-electron chi connectivity index (χ2n) is 7.68. The molecule has 0 aliphatic heterocycles. The molecule has 0 spiro atoms. The number of fused-ring (bicyclic) bond motifs is 1. The zero-order chi connectivity index (χ0) is 21.3. The fraction of sp³-hybridized carbons (Fsp3) is 0. The maximum atomic E-state index is 5.01. The van der Waals surface area contributed by atoms with E-state index in [2.05, 4.69) is 57.7 Å². The van der Waals surface area contributed by atoms with E-state index >= 15 is 0 Å². The lowest BCUT2D eigenvalue weighted by molar-refractivity contribution is 1.08. The van der Waals surface area contributed by atoms with Crippen molar-refractivity contribution >= 4 is 11.0 Å². The Morgan fingerprint density at radius 3 is 1.16 bits per heavy atom. The summed E-state index contributed by atoms with van der Waals surface area (Å²) in [5.74, 6) is 0. The van der Waals surface area contributed by atoms with E-state index in [0.29, 0.717) is 0 Å². The van der Waals surface area contributed by atoms with E-state index in [4.69, 9.17) is 9.97 Å². The molecule has 0 amide bonds. The molecule has 0 bridgehead atoms. The fourth-order valence-electron chi connectivity index (χ4n) is 4.00. The molecular formula is C28H20N4. The van der Waals surface area contributed by atoms with Crippen LogP contribution in [0.5, 0.6) is 0 Å². The van der Waals surface area contributed by atoms with Gasteiger partial charge >= 0.3 is 0 Å². The van der Waals surface area contributed by atoms with E-state index in [1.807, 2.05) is 73.3 Å². The van der Waals surface area contributed by atoms with Crippen LogP contribution < -0.4 is 0 Å². The molecule has 6 aromatic rings. The summed E-state index contributed by atoms with van der Waals surface area (Å²) in [6.07, 6.45) is 8.18. The quantitative estimate of drug-likeness (QED) is 0.329. The van der Waals surface area contributed by atoms with Crippen LogP contribution in [0.25, 0.3) is 44.9 Å². The number of rotatable bonds is 4. The highest BCUT2D eigenvalue weighted by Crippen LogP contribution is 2.32. The summed E-state index contributed by atoms with van der Waals surface area (Å²) in [6.45, 7) is 0. The van der Waals surface area contributed by atoms with Crippen molar-refractivity contribution < 1.29 is 0 Å². The van der Waals surface area contributed by atoms with Crippen molar-refractivity contribution in [2.24, 2.45) is 0 Å². The zero-order valence-corrected chi connectivity index (χ0v) is 17.3. The first kappa shape index (κ1) is 18.3. The van der Waals surface area contributed by atoms with Crippen LogP contribution in [0.3, 0.4) is 0 Å². The molecule has 0 saturated carbocycles. The summed E-state index contributed by atoms with van der Waals surface area (Å²) >= 11 is 0. The molecule has 0 radical (unpaired) electrons. The number of hydrogen-bond acceptors (Lipinski definition) is 2. The van der Waals surface area contributed by atoms with Gasteiger partial charge in [-0.05, 0) is 60.7 Å². The molecule has 3 heterocycles. The Balaban J connectivity index is 1.48. The van der Waals surface area contributed by atoms with Gasteiger partial charge in [0.25, 0.3) is 0 Å². The monoisotopic (exact) mass is 412 g/mol. The molecule has 0 unspecified atom stereocenters. The highest BCUT2D eigenvalue weighted by molar-refractivity contribution is 5.86. The average Bonchev–Trinajstić information content (AvgIpc) is 3.58. The molecule has 4 nitrogen and oxygen atoms in total. The summed E-state index contributed by atoms with van der Waals surface area (Å²) < 4.78 is 4.19. The first-order valence-corrected chi connectivity index (χ1v) is 10.6. The largest absolute Gasteiger partial charge is 0.324 e. The van der Waals surface area contributed by atoms with Crippen molar-refractivity contribution in [3.63, 3.8) is 0 Å². The van der Waals surface area contributed by atoms with Crippen LogP contribution in [-0.4, -0.2) is 19.1 Å². The fourth-order valence-corrected chi connectivity index (χ4v) is 4.00. The van der Waals surface area contributed by atoms with Crippen LogP contribution in [-0.2, 0) is 0 Å². The highest BCUT2D eigenvalue weighted by atomic mass is 14.9. The first-order valence-electron chi connectivity index (χ1n) is 10.6. The second-order valence-corrected chi connectivity index (χ2v) is 7.68. The normalized spacial score (nSPS) is 11.1. The maximum Gasteiger partial charge on any atom is 0.0973 e. The Labute approximate surface area is 186 Å². The van der Waals surface area contributed by atoms with E-state index in [0.717, 1.165) is 44.9 Å². The van der Waals surface area contributed by atoms with Crippen LogP contribution >= 0.6 is 0 Å². The topological polar surface area (TPSA) is 35.6 Å². The lowest BCUT2D eigenvalue weighted by Gasteiger charge is -2.12. The lowest BCUT2D eigenvalue weighted by Crippen LogP contribution is -1.97. The van der Waals surface area contributed by atoms with Crippen LogP contribution in [0.2, 0.25) is 0 Å². The van der Waals surface area contributed by atoms with E-state index in [1.165, 1.54) is 0 Å². The molecule has 0 saturated heterocycles. The van der Waals surface area contributed by atoms with Crippen LogP contribution in [0.1, 0.15) is 0 Å². The molecule has 0 aliphatic carbocycles. The summed E-state index contributed by atoms with van der Waals surface area (Å²) in [5, 5.41) is 0. The zero-order valence-electron chi connectivity index (χ0n) is 17.3. The predicted molar refractivity (Wildman–Crippen MR) is 129 cm³/mol. The van der Waals surface area contributed by atoms with Crippen molar-refractivity contribution in [3.05, 3.63) is 122 Å². The lowest BCUT2D eigenvalue weighted by atomic mass is 10.0. The molecule has 0 aliphatic rings. The Morgan fingerprint density at radius 2 is 0.781 bits per heavy atom. The van der Waals surface area contributed by atoms with Crippen LogP contribution in [0.15, 0.2) is 122 Å². The van der Waals surface area contributed by atoms with E-state index in [-0.39, 0.29) is 0 Å². The van der Waals surface area contributed by atoms with Gasteiger partial charge in [0.2, 0.25) is 0 Å². The number of nitrogens with zero attached hydrogens (tertiary/aromatic N) is 4. The highest BCUT2D eigenvalue weighted by Gasteiger charge is 2.13. The Morgan fingerprint density at radius 1 is 0.406 bits per heavy atom. The summed E-state index contributed by atoms with van der Waals surface area (Å²) in [4.78, 5) is 10.0. The third kappa shape index (κ3) is 3.28. The molecular weight excluding hydrogens is 392 g/mol. The van der Waals surface area contributed by atoms with E-state index in [1.54, 1.807) is 0 Å². The van der Waals surface area contributed by atoms with Gasteiger partial charge < -0.3 is 9.13 Å². The Hall–Kier alpha value is -4.44. The number of aromatic nitrogens is 4. The van der Waals surface area contributed by atoms with Crippen molar-refractivity contribution in [2.45, 2.75) is 0 Å². The molecule has 32 heavy (non-hydrogen) atoms. The van der Waals surface area contributed by atoms with Gasteiger partial charge in [0.05, 0.1) is 22.4 Å². The Kier molecular flexibility index (Phi) is 4.40. The third-order valence-corrected chi connectivity index (χ3v) is 5.66. The first-order chi connectivity index (χ1) is 15.8. The standard InChI is InChI=1S/C28H20N4/c1-2-8-26-25(7-1)29-27(21-9-13-23(14-10-21)31-17-3-4-18-31)28(30-26)22-11-15-24(16-12-22)32-19-5-6-20-32/h1-20H. The average molecular weight is 412 g/mol. The molecule has 152 valence electrons. The van der Waals surface area contributed by atoms with Gasteiger partial charge in [-0.25, -0.2) is 9.97 Å². The van der Waals surface area contributed by atoms with Gasteiger partial charge in [-0.3, -0.25) is 0 Å². The van der Waals surface area contributed by atoms with Gasteiger partial charge in [0.1, 0.15) is 0 Å². The van der Waals surface area contributed by atoms with Gasteiger partial charge in [-0.1, -0.05) is 36.4 Å². The maximum absolute atomic E-state index is 5.01. The minimum Gasteiger partial charge on any atom is -0.324 e. The second kappa shape index (κ2) is 7.67. The van der Waals surface area contributed by atoms with Crippen LogP contribution in [0, 0.1) is 0 Å². The van der Waals surface area contributed by atoms with Gasteiger partial charge in [-0.2, -0.15) is 0 Å². The van der Waals surface area contributed by atoms with Crippen molar-refractivity contribution in [2.75, 3.05) is 0 Å². The molecule has 0 fully saturated rings. The third-order valence-electron chi connectivity index (χ3n) is 5.66. The molecule has 0 N–H and O–H groups in total. The van der Waals surface area contributed by atoms with Gasteiger partial charge in [-0.15, -0.1) is 0 Å². The number of hydrogen-bond donors (Lipinski definition) is 0. The molecule has 3 aromatic carbocycles. The SMILES string of the molecule is c1ccc2nc(-c3ccc(-n4cccc4)cc3)c(-c3ccc(-n4cccc4)cc3)nc2c1. The summed E-state index contributed by atoms with van der Waals surface area (Å²) in [5.41, 5.74) is 7.88. The molecule has 6 rings (SSSR count). The van der Waals surface area contributed by atoms with Crippen molar-refractivity contribution in [1.82, 2.24) is 19.1 Å². The molecule has 3 aromatic heterocycles. The number of benzene rings is 3. The summed E-state index contributed by atoms with van der Waals surface area (Å²) in [6, 6.07) is 33.1.